The Labute approximate surface area is 142 Å². The second-order valence-electron chi connectivity index (χ2n) is 6.07. The van der Waals surface area contributed by atoms with E-state index in [9.17, 15) is 8.42 Å². The molecule has 1 aromatic rings. The second kappa shape index (κ2) is 6.78. The average molecular weight is 356 g/mol. The molecule has 2 aliphatic heterocycles. The van der Waals surface area contributed by atoms with Crippen molar-refractivity contribution in [2.24, 2.45) is 0 Å². The molecule has 2 aliphatic rings. The van der Waals surface area contributed by atoms with Gasteiger partial charge in [-0.1, -0.05) is 0 Å². The number of hydrogen-bond donors (Lipinski definition) is 1. The molecule has 0 radical (unpaired) electrons. The minimum atomic E-state index is -3.74. The van der Waals surface area contributed by atoms with Crippen LogP contribution in [0.15, 0.2) is 17.0 Å². The van der Waals surface area contributed by atoms with E-state index in [4.69, 9.17) is 14.2 Å². The first-order chi connectivity index (χ1) is 11.5. The fourth-order valence-electron chi connectivity index (χ4n) is 3.66. The molecule has 0 aliphatic carbocycles. The zero-order valence-electron chi connectivity index (χ0n) is 14.2. The van der Waals surface area contributed by atoms with E-state index >= 15 is 0 Å². The van der Waals surface area contributed by atoms with E-state index in [1.165, 1.54) is 21.3 Å². The molecule has 2 atom stereocenters. The standard InChI is InChI=1S/C16H24N2O5S/c1-21-13-8-14(22-2)16(15(9-13)23-3)24(19,20)18-11-4-5-12(18)10-17-7-6-11/h8-9,11-12,17H,4-7,10H2,1-3H3. The van der Waals surface area contributed by atoms with Crippen molar-refractivity contribution in [2.45, 2.75) is 36.2 Å². The van der Waals surface area contributed by atoms with Crippen LogP contribution >= 0.6 is 0 Å². The molecule has 2 bridgehead atoms. The van der Waals surface area contributed by atoms with Gasteiger partial charge in [0.1, 0.15) is 17.2 Å². The second-order valence-corrected chi connectivity index (χ2v) is 7.85. The van der Waals surface area contributed by atoms with Crippen LogP contribution in [0, 0.1) is 0 Å². The van der Waals surface area contributed by atoms with Gasteiger partial charge in [-0.3, -0.25) is 0 Å². The molecular weight excluding hydrogens is 332 g/mol. The van der Waals surface area contributed by atoms with E-state index in [0.717, 1.165) is 25.8 Å². The molecule has 7 nitrogen and oxygen atoms in total. The maximum atomic E-state index is 13.5. The number of hydrogen-bond acceptors (Lipinski definition) is 6. The summed E-state index contributed by atoms with van der Waals surface area (Å²) in [5, 5.41) is 3.32. The summed E-state index contributed by atoms with van der Waals surface area (Å²) in [5.41, 5.74) is 0. The number of rotatable bonds is 5. The fourth-order valence-corrected chi connectivity index (χ4v) is 5.84. The Kier molecular flexibility index (Phi) is 4.89. The Morgan fingerprint density at radius 1 is 1.00 bits per heavy atom. The van der Waals surface area contributed by atoms with Crippen molar-refractivity contribution >= 4 is 10.0 Å². The summed E-state index contributed by atoms with van der Waals surface area (Å²) >= 11 is 0. The van der Waals surface area contributed by atoms with Gasteiger partial charge in [-0.25, -0.2) is 8.42 Å². The lowest BCUT2D eigenvalue weighted by atomic mass is 10.1. The first-order valence-corrected chi connectivity index (χ1v) is 9.51. The Morgan fingerprint density at radius 3 is 2.21 bits per heavy atom. The van der Waals surface area contributed by atoms with Gasteiger partial charge < -0.3 is 19.5 Å². The van der Waals surface area contributed by atoms with E-state index in [2.05, 4.69) is 5.32 Å². The third kappa shape index (κ3) is 2.82. The minimum Gasteiger partial charge on any atom is -0.496 e. The molecule has 1 N–H and O–H groups in total. The quantitative estimate of drug-likeness (QED) is 0.855. The highest BCUT2D eigenvalue weighted by Gasteiger charge is 2.45. The van der Waals surface area contributed by atoms with Gasteiger partial charge in [0.15, 0.2) is 4.90 Å². The normalized spacial score (nSPS) is 24.5. The van der Waals surface area contributed by atoms with Gasteiger partial charge in [-0.05, 0) is 25.8 Å². The maximum absolute atomic E-state index is 13.5. The molecule has 2 fully saturated rings. The van der Waals surface area contributed by atoms with Crippen LogP contribution in [-0.2, 0) is 10.0 Å². The highest BCUT2D eigenvalue weighted by molar-refractivity contribution is 7.89. The van der Waals surface area contributed by atoms with Gasteiger partial charge in [-0.15, -0.1) is 0 Å². The summed E-state index contributed by atoms with van der Waals surface area (Å²) in [6, 6.07) is 3.14. The molecule has 24 heavy (non-hydrogen) atoms. The number of ether oxygens (including phenoxy) is 3. The summed E-state index contributed by atoms with van der Waals surface area (Å²) in [6.07, 6.45) is 2.58. The Bertz CT molecular complexity index is 667. The number of nitrogens with one attached hydrogen (secondary N) is 1. The fraction of sp³-hybridized carbons (Fsp3) is 0.625. The van der Waals surface area contributed by atoms with Crippen molar-refractivity contribution in [1.82, 2.24) is 9.62 Å². The van der Waals surface area contributed by atoms with Gasteiger partial charge >= 0.3 is 0 Å². The summed E-state index contributed by atoms with van der Waals surface area (Å²) in [6.45, 7) is 1.51. The number of fused-ring (bicyclic) bond motifs is 2. The van der Waals surface area contributed by atoms with Gasteiger partial charge in [0.25, 0.3) is 10.0 Å². The molecule has 3 rings (SSSR count). The van der Waals surface area contributed by atoms with E-state index in [-0.39, 0.29) is 28.5 Å². The predicted molar refractivity (Wildman–Crippen MR) is 89.4 cm³/mol. The number of nitrogens with zero attached hydrogens (tertiary/aromatic N) is 1. The van der Waals surface area contributed by atoms with Crippen molar-refractivity contribution in [3.8, 4) is 17.2 Å². The van der Waals surface area contributed by atoms with Crippen LogP contribution < -0.4 is 19.5 Å². The van der Waals surface area contributed by atoms with Gasteiger partial charge in [0.2, 0.25) is 0 Å². The van der Waals surface area contributed by atoms with Crippen molar-refractivity contribution in [1.29, 1.82) is 0 Å². The predicted octanol–water partition coefficient (Wildman–Crippen LogP) is 1.23. The molecule has 1 aromatic carbocycles. The van der Waals surface area contributed by atoms with Crippen molar-refractivity contribution in [3.63, 3.8) is 0 Å². The third-order valence-electron chi connectivity index (χ3n) is 4.79. The highest BCUT2D eigenvalue weighted by Crippen LogP contribution is 2.42. The topological polar surface area (TPSA) is 77.1 Å². The van der Waals surface area contributed by atoms with Gasteiger partial charge in [-0.2, -0.15) is 4.31 Å². The van der Waals surface area contributed by atoms with E-state index in [0.29, 0.717) is 12.3 Å². The number of methoxy groups -OCH3 is 3. The van der Waals surface area contributed by atoms with Crippen LogP contribution in [0.3, 0.4) is 0 Å². The van der Waals surface area contributed by atoms with Crippen LogP contribution in [0.25, 0.3) is 0 Å². The smallest absolute Gasteiger partial charge is 0.251 e. The molecule has 2 unspecified atom stereocenters. The third-order valence-corrected chi connectivity index (χ3v) is 6.86. The summed E-state index contributed by atoms with van der Waals surface area (Å²) < 4.78 is 44.5. The number of benzene rings is 1. The average Bonchev–Trinajstić information content (AvgIpc) is 2.86. The lowest BCUT2D eigenvalue weighted by molar-refractivity contribution is 0.323. The maximum Gasteiger partial charge on any atom is 0.251 e. The molecule has 2 saturated heterocycles. The Hall–Kier alpha value is -1.51. The van der Waals surface area contributed by atoms with Crippen LogP contribution in [0.4, 0.5) is 0 Å². The molecule has 2 heterocycles. The first-order valence-electron chi connectivity index (χ1n) is 8.07. The first kappa shape index (κ1) is 17.3. The molecule has 0 spiro atoms. The van der Waals surface area contributed by atoms with E-state index < -0.39 is 10.0 Å². The zero-order valence-corrected chi connectivity index (χ0v) is 15.1. The number of sulfonamides is 1. The molecule has 8 heteroatoms. The Balaban J connectivity index is 2.13. The summed E-state index contributed by atoms with van der Waals surface area (Å²) in [5.74, 6) is 0.966. The van der Waals surface area contributed by atoms with Crippen LogP contribution in [0.2, 0.25) is 0 Å². The monoisotopic (exact) mass is 356 g/mol. The summed E-state index contributed by atoms with van der Waals surface area (Å²) in [7, 11) is 0.673. The largest absolute Gasteiger partial charge is 0.496 e. The molecule has 0 saturated carbocycles. The van der Waals surface area contributed by atoms with Crippen molar-refractivity contribution in [2.75, 3.05) is 34.4 Å². The highest BCUT2D eigenvalue weighted by atomic mass is 32.2. The lowest BCUT2D eigenvalue weighted by Crippen LogP contribution is -2.42. The molecular formula is C16H24N2O5S. The molecule has 0 aromatic heterocycles. The van der Waals surface area contributed by atoms with Crippen LogP contribution in [0.5, 0.6) is 17.2 Å². The molecule has 0 amide bonds. The van der Waals surface area contributed by atoms with E-state index in [1.54, 1.807) is 16.4 Å². The van der Waals surface area contributed by atoms with Gasteiger partial charge in [0.05, 0.1) is 21.3 Å². The van der Waals surface area contributed by atoms with Gasteiger partial charge in [0, 0.05) is 30.8 Å². The van der Waals surface area contributed by atoms with Crippen molar-refractivity contribution < 1.29 is 22.6 Å². The van der Waals surface area contributed by atoms with Crippen LogP contribution in [-0.4, -0.2) is 59.2 Å². The summed E-state index contributed by atoms with van der Waals surface area (Å²) in [4.78, 5) is 0.0760. The lowest BCUT2D eigenvalue weighted by Gasteiger charge is -2.28. The molecule has 134 valence electrons. The zero-order chi connectivity index (χ0) is 17.3. The van der Waals surface area contributed by atoms with Crippen LogP contribution in [0.1, 0.15) is 19.3 Å². The Morgan fingerprint density at radius 2 is 1.62 bits per heavy atom. The minimum absolute atomic E-state index is 0.0199. The SMILES string of the molecule is COc1cc(OC)c(S(=O)(=O)N2C3CCNCC2CC3)c(OC)c1. The van der Waals surface area contributed by atoms with Crippen molar-refractivity contribution in [3.05, 3.63) is 12.1 Å². The van der Waals surface area contributed by atoms with E-state index in [1.807, 2.05) is 0 Å².